The van der Waals surface area contributed by atoms with Crippen molar-refractivity contribution in [3.05, 3.63) is 30.1 Å². The van der Waals surface area contributed by atoms with Gasteiger partial charge in [-0.15, -0.1) is 0 Å². The molecule has 1 heterocycles. The molecule has 0 atom stereocenters. The van der Waals surface area contributed by atoms with E-state index in [0.717, 1.165) is 29.0 Å². The van der Waals surface area contributed by atoms with Crippen LogP contribution in [0.1, 0.15) is 31.9 Å². The molecule has 3 nitrogen and oxygen atoms in total. The summed E-state index contributed by atoms with van der Waals surface area (Å²) in [6.07, 6.45) is 5.57. The number of fused-ring (bicyclic) bond motifs is 1. The van der Waals surface area contributed by atoms with Gasteiger partial charge in [0.15, 0.2) is 0 Å². The van der Waals surface area contributed by atoms with Gasteiger partial charge in [0, 0.05) is 40.6 Å². The number of nitrogens with two attached hydrogens (primary N) is 1. The number of aromatic nitrogens is 1. The Morgan fingerprint density at radius 2 is 2.06 bits per heavy atom. The minimum Gasteiger partial charge on any atom is -0.398 e. The first-order chi connectivity index (χ1) is 8.72. The predicted molar refractivity (Wildman–Crippen MR) is 78.9 cm³/mol. The van der Waals surface area contributed by atoms with Crippen molar-refractivity contribution in [2.75, 3.05) is 17.6 Å². The molecule has 0 aliphatic rings. The molecule has 2 rings (SSSR count). The number of aryl methyl sites for hydroxylation is 1. The molecule has 96 valence electrons. The molecule has 3 N–H and O–H groups in total. The second-order valence-corrected chi connectivity index (χ2v) is 4.71. The van der Waals surface area contributed by atoms with Crippen molar-refractivity contribution < 1.29 is 0 Å². The van der Waals surface area contributed by atoms with Crippen molar-refractivity contribution in [2.45, 2.75) is 33.1 Å². The first-order valence-electron chi connectivity index (χ1n) is 6.61. The van der Waals surface area contributed by atoms with Crippen LogP contribution in [0.5, 0.6) is 0 Å². The Morgan fingerprint density at radius 3 is 2.83 bits per heavy atom. The maximum Gasteiger partial charge on any atom is 0.0422 e. The number of nitrogen functional groups attached to an aromatic ring is 1. The summed E-state index contributed by atoms with van der Waals surface area (Å²) in [5, 5.41) is 5.69. The van der Waals surface area contributed by atoms with Crippen LogP contribution in [0.25, 0.3) is 10.8 Å². The molecule has 0 aliphatic heterocycles. The highest BCUT2D eigenvalue weighted by molar-refractivity contribution is 6.00. The maximum absolute atomic E-state index is 5.98. The Balaban J connectivity index is 2.27. The summed E-state index contributed by atoms with van der Waals surface area (Å²) in [5.41, 5.74) is 8.94. The van der Waals surface area contributed by atoms with Gasteiger partial charge >= 0.3 is 0 Å². The second kappa shape index (κ2) is 5.71. The van der Waals surface area contributed by atoms with Crippen LogP contribution < -0.4 is 11.1 Å². The van der Waals surface area contributed by atoms with Crippen LogP contribution in [0.4, 0.5) is 11.4 Å². The quantitative estimate of drug-likeness (QED) is 0.621. The summed E-state index contributed by atoms with van der Waals surface area (Å²) >= 11 is 0. The molecule has 1 aromatic heterocycles. The number of hydrogen-bond donors (Lipinski definition) is 2. The zero-order chi connectivity index (χ0) is 13.0. The Kier molecular flexibility index (Phi) is 4.03. The number of anilines is 2. The van der Waals surface area contributed by atoms with Gasteiger partial charge in [-0.3, -0.25) is 4.98 Å². The smallest absolute Gasteiger partial charge is 0.0422 e. The molecular weight excluding hydrogens is 222 g/mol. The molecule has 0 amide bonds. The lowest BCUT2D eigenvalue weighted by Crippen LogP contribution is -2.02. The standard InChI is InChI=1S/C15H21N3/c1-3-4-5-8-17-15-7-6-14(16)13-10-18-11(2)9-12(13)15/h6-7,9-10,17H,3-5,8,16H2,1-2H3. The fraction of sp³-hybridized carbons (Fsp3) is 0.400. The van der Waals surface area contributed by atoms with Gasteiger partial charge in [-0.2, -0.15) is 0 Å². The van der Waals surface area contributed by atoms with Gasteiger partial charge in [0.05, 0.1) is 0 Å². The topological polar surface area (TPSA) is 50.9 Å². The van der Waals surface area contributed by atoms with Gasteiger partial charge in [-0.05, 0) is 31.5 Å². The number of nitrogens with zero attached hydrogens (tertiary/aromatic N) is 1. The molecule has 0 bridgehead atoms. The second-order valence-electron chi connectivity index (χ2n) is 4.71. The zero-order valence-corrected chi connectivity index (χ0v) is 11.2. The Hall–Kier alpha value is -1.77. The number of nitrogens with one attached hydrogen (secondary N) is 1. The van der Waals surface area contributed by atoms with Crippen LogP contribution in [0, 0.1) is 6.92 Å². The molecule has 0 saturated heterocycles. The third-order valence-electron chi connectivity index (χ3n) is 3.17. The van der Waals surface area contributed by atoms with E-state index in [0.29, 0.717) is 0 Å². The van der Waals surface area contributed by atoms with E-state index in [2.05, 4.69) is 29.4 Å². The molecule has 0 spiro atoms. The van der Waals surface area contributed by atoms with Crippen LogP contribution in [0.2, 0.25) is 0 Å². The minimum atomic E-state index is 0.789. The van der Waals surface area contributed by atoms with Crippen molar-refractivity contribution in [2.24, 2.45) is 0 Å². The third-order valence-corrected chi connectivity index (χ3v) is 3.17. The van der Waals surface area contributed by atoms with Crippen molar-refractivity contribution in [3.8, 4) is 0 Å². The van der Waals surface area contributed by atoms with Crippen molar-refractivity contribution in [1.82, 2.24) is 4.98 Å². The highest BCUT2D eigenvalue weighted by atomic mass is 14.9. The molecule has 0 aliphatic carbocycles. The maximum atomic E-state index is 5.98. The largest absolute Gasteiger partial charge is 0.398 e. The molecule has 0 fully saturated rings. The van der Waals surface area contributed by atoms with Crippen LogP contribution in [-0.4, -0.2) is 11.5 Å². The van der Waals surface area contributed by atoms with Crippen molar-refractivity contribution in [3.63, 3.8) is 0 Å². The lowest BCUT2D eigenvalue weighted by molar-refractivity contribution is 0.744. The Morgan fingerprint density at radius 1 is 1.22 bits per heavy atom. The lowest BCUT2D eigenvalue weighted by Gasteiger charge is -2.11. The Bertz CT molecular complexity index is 534. The van der Waals surface area contributed by atoms with Gasteiger partial charge in [-0.1, -0.05) is 19.8 Å². The van der Waals surface area contributed by atoms with E-state index in [4.69, 9.17) is 5.73 Å². The zero-order valence-electron chi connectivity index (χ0n) is 11.2. The molecule has 0 saturated carbocycles. The summed E-state index contributed by atoms with van der Waals surface area (Å²) in [6.45, 7) is 5.23. The summed E-state index contributed by atoms with van der Waals surface area (Å²) in [7, 11) is 0. The molecule has 2 aromatic rings. The fourth-order valence-electron chi connectivity index (χ4n) is 2.12. The molecule has 1 aromatic carbocycles. The van der Waals surface area contributed by atoms with Gasteiger partial charge in [0.1, 0.15) is 0 Å². The van der Waals surface area contributed by atoms with Gasteiger partial charge < -0.3 is 11.1 Å². The molecule has 18 heavy (non-hydrogen) atoms. The van der Waals surface area contributed by atoms with Gasteiger partial charge in [0.25, 0.3) is 0 Å². The summed E-state index contributed by atoms with van der Waals surface area (Å²) in [5.74, 6) is 0. The average Bonchev–Trinajstić information content (AvgIpc) is 2.37. The first-order valence-corrected chi connectivity index (χ1v) is 6.61. The molecule has 3 heteroatoms. The van der Waals surface area contributed by atoms with E-state index < -0.39 is 0 Å². The molecular formula is C15H21N3. The van der Waals surface area contributed by atoms with Crippen molar-refractivity contribution in [1.29, 1.82) is 0 Å². The van der Waals surface area contributed by atoms with E-state index in [1.165, 1.54) is 24.6 Å². The summed E-state index contributed by atoms with van der Waals surface area (Å²) < 4.78 is 0. The lowest BCUT2D eigenvalue weighted by atomic mass is 10.1. The highest BCUT2D eigenvalue weighted by Crippen LogP contribution is 2.28. The van der Waals surface area contributed by atoms with Gasteiger partial charge in [-0.25, -0.2) is 0 Å². The number of pyridine rings is 1. The summed E-state index contributed by atoms with van der Waals surface area (Å²) in [4.78, 5) is 4.31. The van der Waals surface area contributed by atoms with E-state index in [1.807, 2.05) is 19.2 Å². The first kappa shape index (κ1) is 12.7. The average molecular weight is 243 g/mol. The number of rotatable bonds is 5. The van der Waals surface area contributed by atoms with Crippen LogP contribution in [-0.2, 0) is 0 Å². The van der Waals surface area contributed by atoms with Crippen LogP contribution >= 0.6 is 0 Å². The monoisotopic (exact) mass is 243 g/mol. The minimum absolute atomic E-state index is 0.789. The van der Waals surface area contributed by atoms with E-state index in [9.17, 15) is 0 Å². The fourth-order valence-corrected chi connectivity index (χ4v) is 2.12. The van der Waals surface area contributed by atoms with Crippen LogP contribution in [0.15, 0.2) is 24.4 Å². The highest BCUT2D eigenvalue weighted by Gasteiger charge is 2.04. The van der Waals surface area contributed by atoms with Gasteiger partial charge in [0.2, 0.25) is 0 Å². The Labute approximate surface area is 108 Å². The number of unbranched alkanes of at least 4 members (excludes halogenated alkanes) is 2. The molecule has 0 unspecified atom stereocenters. The number of hydrogen-bond acceptors (Lipinski definition) is 3. The van der Waals surface area contributed by atoms with Crippen molar-refractivity contribution >= 4 is 22.1 Å². The number of benzene rings is 1. The third kappa shape index (κ3) is 2.73. The summed E-state index contributed by atoms with van der Waals surface area (Å²) in [6, 6.07) is 6.10. The SMILES string of the molecule is CCCCCNc1ccc(N)c2cnc(C)cc12. The molecule has 0 radical (unpaired) electrons. The van der Waals surface area contributed by atoms with E-state index in [1.54, 1.807) is 0 Å². The van der Waals surface area contributed by atoms with Crippen LogP contribution in [0.3, 0.4) is 0 Å². The van der Waals surface area contributed by atoms with E-state index >= 15 is 0 Å². The normalized spacial score (nSPS) is 10.8. The van der Waals surface area contributed by atoms with E-state index in [-0.39, 0.29) is 0 Å². The predicted octanol–water partition coefficient (Wildman–Crippen LogP) is 3.73.